The molecule has 3 N–H and O–H groups in total. The van der Waals surface area contributed by atoms with Gasteiger partial charge in [0, 0.05) is 11.0 Å². The second kappa shape index (κ2) is 5.56. The van der Waals surface area contributed by atoms with E-state index in [-0.39, 0.29) is 16.8 Å². The molecule has 0 atom stereocenters. The Hall–Kier alpha value is -2.02. The molecule has 0 unspecified atom stereocenters. The van der Waals surface area contributed by atoms with Crippen molar-refractivity contribution in [2.75, 3.05) is 0 Å². The van der Waals surface area contributed by atoms with Gasteiger partial charge >= 0.3 is 6.18 Å². The zero-order chi connectivity index (χ0) is 17.6. The number of nitrogens with zero attached hydrogens (tertiary/aromatic N) is 1. The summed E-state index contributed by atoms with van der Waals surface area (Å²) in [5.41, 5.74) is 4.66. The molecule has 8 heteroatoms. The SMILES string of the molecule is CC(C)(C)c1[nH]nc(-c2ccc(Cl)c(C(F)(F)F)c2)c1C(N)=O. The van der Waals surface area contributed by atoms with E-state index in [2.05, 4.69) is 10.2 Å². The van der Waals surface area contributed by atoms with Crippen LogP contribution in [-0.4, -0.2) is 16.1 Å². The van der Waals surface area contributed by atoms with Crippen LogP contribution in [0, 0.1) is 0 Å². The van der Waals surface area contributed by atoms with Gasteiger partial charge in [-0.1, -0.05) is 38.4 Å². The third kappa shape index (κ3) is 3.34. The molecule has 1 heterocycles. The maximum absolute atomic E-state index is 13.0. The number of aromatic nitrogens is 2. The van der Waals surface area contributed by atoms with Gasteiger partial charge in [0.15, 0.2) is 0 Å². The average molecular weight is 346 g/mol. The van der Waals surface area contributed by atoms with Gasteiger partial charge in [-0.2, -0.15) is 18.3 Å². The van der Waals surface area contributed by atoms with Crippen molar-refractivity contribution in [2.45, 2.75) is 32.4 Å². The molecule has 124 valence electrons. The molecule has 0 aliphatic rings. The Bertz CT molecular complexity index is 760. The van der Waals surface area contributed by atoms with Crippen LogP contribution in [0.15, 0.2) is 18.2 Å². The number of amides is 1. The summed E-state index contributed by atoms with van der Waals surface area (Å²) in [7, 11) is 0. The third-order valence-electron chi connectivity index (χ3n) is 3.31. The third-order valence-corrected chi connectivity index (χ3v) is 3.64. The number of benzene rings is 1. The van der Waals surface area contributed by atoms with Crippen LogP contribution >= 0.6 is 11.6 Å². The number of carbonyl (C=O) groups excluding carboxylic acids is 1. The molecule has 2 aromatic rings. The highest BCUT2D eigenvalue weighted by atomic mass is 35.5. The van der Waals surface area contributed by atoms with Gasteiger partial charge in [-0.15, -0.1) is 0 Å². The number of halogens is 4. The van der Waals surface area contributed by atoms with Crippen molar-refractivity contribution in [1.29, 1.82) is 0 Å². The van der Waals surface area contributed by atoms with E-state index in [1.54, 1.807) is 0 Å². The molecule has 0 saturated carbocycles. The lowest BCUT2D eigenvalue weighted by atomic mass is 9.87. The molecule has 1 aromatic heterocycles. The van der Waals surface area contributed by atoms with Crippen molar-refractivity contribution < 1.29 is 18.0 Å². The van der Waals surface area contributed by atoms with E-state index in [4.69, 9.17) is 17.3 Å². The lowest BCUT2D eigenvalue weighted by Crippen LogP contribution is -2.21. The van der Waals surface area contributed by atoms with Crippen LogP contribution in [0.25, 0.3) is 11.3 Å². The van der Waals surface area contributed by atoms with E-state index in [1.165, 1.54) is 6.07 Å². The summed E-state index contributed by atoms with van der Waals surface area (Å²) in [6, 6.07) is 3.35. The van der Waals surface area contributed by atoms with Gasteiger partial charge in [0.05, 0.1) is 21.8 Å². The van der Waals surface area contributed by atoms with Crippen LogP contribution in [0.3, 0.4) is 0 Å². The number of H-pyrrole nitrogens is 1. The van der Waals surface area contributed by atoms with E-state index < -0.39 is 28.1 Å². The molecule has 1 amide bonds. The maximum Gasteiger partial charge on any atom is 0.417 e. The van der Waals surface area contributed by atoms with E-state index in [1.807, 2.05) is 20.8 Å². The number of alkyl halides is 3. The molecule has 0 spiro atoms. The summed E-state index contributed by atoms with van der Waals surface area (Å²) in [6.07, 6.45) is -4.61. The number of rotatable bonds is 2. The Kier molecular flexibility index (Phi) is 4.19. The quantitative estimate of drug-likeness (QED) is 0.858. The van der Waals surface area contributed by atoms with Crippen LogP contribution < -0.4 is 5.73 Å². The van der Waals surface area contributed by atoms with Crippen molar-refractivity contribution in [1.82, 2.24) is 10.2 Å². The highest BCUT2D eigenvalue weighted by Gasteiger charge is 2.34. The Labute approximate surface area is 135 Å². The van der Waals surface area contributed by atoms with E-state index in [0.717, 1.165) is 12.1 Å². The van der Waals surface area contributed by atoms with Crippen molar-refractivity contribution in [3.63, 3.8) is 0 Å². The van der Waals surface area contributed by atoms with Crippen molar-refractivity contribution in [3.05, 3.63) is 40.0 Å². The number of hydrogen-bond donors (Lipinski definition) is 2. The van der Waals surface area contributed by atoms with Gasteiger partial charge < -0.3 is 5.73 Å². The van der Waals surface area contributed by atoms with Crippen molar-refractivity contribution in [2.24, 2.45) is 5.73 Å². The zero-order valence-corrected chi connectivity index (χ0v) is 13.4. The lowest BCUT2D eigenvalue weighted by Gasteiger charge is -2.17. The fourth-order valence-corrected chi connectivity index (χ4v) is 2.45. The lowest BCUT2D eigenvalue weighted by molar-refractivity contribution is -0.137. The number of primary amides is 1. The zero-order valence-electron chi connectivity index (χ0n) is 12.7. The standard InChI is InChI=1S/C15H15ClF3N3O/c1-14(2,3)12-10(13(20)23)11(21-22-12)7-4-5-9(16)8(6-7)15(17,18)19/h4-6H,1-3H3,(H2,20,23)(H,21,22). The van der Waals surface area contributed by atoms with Crippen molar-refractivity contribution in [3.8, 4) is 11.3 Å². The van der Waals surface area contributed by atoms with E-state index in [9.17, 15) is 18.0 Å². The molecule has 23 heavy (non-hydrogen) atoms. The molecule has 1 aromatic carbocycles. The second-order valence-corrected chi connectivity index (χ2v) is 6.54. The molecule has 0 aliphatic carbocycles. The van der Waals surface area contributed by atoms with Crippen molar-refractivity contribution >= 4 is 17.5 Å². The summed E-state index contributed by atoms with van der Waals surface area (Å²) in [5.74, 6) is -0.762. The molecule has 2 rings (SSSR count). The first kappa shape index (κ1) is 17.3. The van der Waals surface area contributed by atoms with Gasteiger partial charge in [-0.05, 0) is 12.1 Å². The molecule has 4 nitrogen and oxygen atoms in total. The normalized spacial score (nSPS) is 12.5. The van der Waals surface area contributed by atoms with Gasteiger partial charge in [0.25, 0.3) is 5.91 Å². The molecular weight excluding hydrogens is 331 g/mol. The minimum absolute atomic E-state index is 0.0737. The Morgan fingerprint density at radius 3 is 2.35 bits per heavy atom. The predicted molar refractivity (Wildman–Crippen MR) is 81.3 cm³/mol. The average Bonchev–Trinajstić information content (AvgIpc) is 2.82. The summed E-state index contributed by atoms with van der Waals surface area (Å²) >= 11 is 5.61. The minimum atomic E-state index is -4.61. The summed E-state index contributed by atoms with van der Waals surface area (Å²) < 4.78 is 39.0. The molecule has 0 saturated heterocycles. The number of carbonyl (C=O) groups is 1. The number of nitrogens with two attached hydrogens (primary N) is 1. The molecule has 0 aliphatic heterocycles. The largest absolute Gasteiger partial charge is 0.417 e. The Balaban J connectivity index is 2.69. The van der Waals surface area contributed by atoms with E-state index in [0.29, 0.717) is 5.69 Å². The molecule has 0 fully saturated rings. The summed E-state index contributed by atoms with van der Waals surface area (Å²) in [6.45, 7) is 5.50. The topological polar surface area (TPSA) is 71.8 Å². The maximum atomic E-state index is 13.0. The fourth-order valence-electron chi connectivity index (χ4n) is 2.22. The number of aromatic amines is 1. The summed E-state index contributed by atoms with van der Waals surface area (Å²) in [4.78, 5) is 11.8. The van der Waals surface area contributed by atoms with E-state index >= 15 is 0 Å². The van der Waals surface area contributed by atoms with Crippen LogP contribution in [0.4, 0.5) is 13.2 Å². The Morgan fingerprint density at radius 2 is 1.87 bits per heavy atom. The second-order valence-electron chi connectivity index (χ2n) is 6.13. The van der Waals surface area contributed by atoms with Crippen LogP contribution in [0.5, 0.6) is 0 Å². The van der Waals surface area contributed by atoms with Crippen LogP contribution in [0.2, 0.25) is 5.02 Å². The molecule has 0 bridgehead atoms. The fraction of sp³-hybridized carbons (Fsp3) is 0.333. The number of nitrogens with one attached hydrogen (secondary N) is 1. The first-order valence-corrected chi connectivity index (χ1v) is 7.06. The molecule has 0 radical (unpaired) electrons. The van der Waals surface area contributed by atoms with Crippen LogP contribution in [-0.2, 0) is 11.6 Å². The van der Waals surface area contributed by atoms with Crippen LogP contribution in [0.1, 0.15) is 42.4 Å². The first-order chi connectivity index (χ1) is 10.4. The van der Waals surface area contributed by atoms with Gasteiger partial charge in [0.1, 0.15) is 5.69 Å². The molecular formula is C15H15ClF3N3O. The summed E-state index contributed by atoms with van der Waals surface area (Å²) in [5, 5.41) is 6.27. The Morgan fingerprint density at radius 1 is 1.26 bits per heavy atom. The predicted octanol–water partition coefficient (Wildman–Crippen LogP) is 4.15. The first-order valence-electron chi connectivity index (χ1n) is 6.68. The minimum Gasteiger partial charge on any atom is -0.365 e. The van der Waals surface area contributed by atoms with Gasteiger partial charge in [0.2, 0.25) is 0 Å². The number of hydrogen-bond acceptors (Lipinski definition) is 2. The highest BCUT2D eigenvalue weighted by Crippen LogP contribution is 2.38. The smallest absolute Gasteiger partial charge is 0.365 e. The van der Waals surface area contributed by atoms with Gasteiger partial charge in [-0.25, -0.2) is 0 Å². The van der Waals surface area contributed by atoms with Gasteiger partial charge in [-0.3, -0.25) is 9.89 Å². The monoisotopic (exact) mass is 345 g/mol. The highest BCUT2D eigenvalue weighted by molar-refractivity contribution is 6.31.